The normalized spacial score (nSPS) is 10.9. The SMILES string of the molecule is Fc1ccc(CCNc2cc(-c3ccccn3)nc3ncnn23)cc1. The molecule has 0 aliphatic heterocycles. The number of pyridine rings is 1. The molecule has 1 aromatic carbocycles. The molecule has 0 bridgehead atoms. The number of hydrogen-bond acceptors (Lipinski definition) is 5. The predicted molar refractivity (Wildman–Crippen MR) is 92.6 cm³/mol. The summed E-state index contributed by atoms with van der Waals surface area (Å²) < 4.78 is 14.6. The highest BCUT2D eigenvalue weighted by Crippen LogP contribution is 2.19. The zero-order valence-corrected chi connectivity index (χ0v) is 13.3. The summed E-state index contributed by atoms with van der Waals surface area (Å²) in [5.41, 5.74) is 2.56. The quantitative estimate of drug-likeness (QED) is 0.608. The Bertz CT molecular complexity index is 982. The zero-order valence-electron chi connectivity index (χ0n) is 13.3. The van der Waals surface area contributed by atoms with E-state index in [9.17, 15) is 4.39 Å². The number of nitrogens with one attached hydrogen (secondary N) is 1. The van der Waals surface area contributed by atoms with Crippen LogP contribution >= 0.6 is 0 Å². The van der Waals surface area contributed by atoms with Crippen molar-refractivity contribution in [2.75, 3.05) is 11.9 Å². The molecule has 0 saturated carbocycles. The fraction of sp³-hybridized carbons (Fsp3) is 0.111. The molecule has 3 aromatic heterocycles. The minimum atomic E-state index is -0.227. The highest BCUT2D eigenvalue weighted by molar-refractivity contribution is 5.61. The minimum absolute atomic E-state index is 0.227. The summed E-state index contributed by atoms with van der Waals surface area (Å²) in [6, 6.07) is 14.1. The summed E-state index contributed by atoms with van der Waals surface area (Å²) in [5, 5.41) is 7.55. The second kappa shape index (κ2) is 6.64. The molecule has 3 heterocycles. The standard InChI is InChI=1S/C18H15FN6/c19-14-6-4-13(5-7-14)8-10-21-17-11-16(15-3-1-2-9-20-15)24-18-22-12-23-25(17)18/h1-7,9,11-12,21H,8,10H2. The third kappa shape index (κ3) is 3.30. The van der Waals surface area contributed by atoms with Gasteiger partial charge in [-0.1, -0.05) is 18.2 Å². The molecule has 124 valence electrons. The molecule has 0 radical (unpaired) electrons. The summed E-state index contributed by atoms with van der Waals surface area (Å²) in [7, 11) is 0. The van der Waals surface area contributed by atoms with Gasteiger partial charge in [0.25, 0.3) is 5.78 Å². The lowest BCUT2D eigenvalue weighted by molar-refractivity contribution is 0.627. The largest absolute Gasteiger partial charge is 0.370 e. The van der Waals surface area contributed by atoms with Gasteiger partial charge >= 0.3 is 0 Å². The Morgan fingerprint density at radius 1 is 1.00 bits per heavy atom. The van der Waals surface area contributed by atoms with Gasteiger partial charge in [0.15, 0.2) is 0 Å². The van der Waals surface area contributed by atoms with Gasteiger partial charge in [0.2, 0.25) is 0 Å². The van der Waals surface area contributed by atoms with Crippen molar-refractivity contribution in [2.24, 2.45) is 0 Å². The average Bonchev–Trinajstić information content (AvgIpc) is 3.13. The van der Waals surface area contributed by atoms with Crippen molar-refractivity contribution < 1.29 is 4.39 Å². The number of halogens is 1. The molecule has 1 N–H and O–H groups in total. The first kappa shape index (κ1) is 15.2. The Morgan fingerprint density at radius 2 is 1.88 bits per heavy atom. The van der Waals surface area contributed by atoms with Gasteiger partial charge in [-0.2, -0.15) is 14.6 Å². The van der Waals surface area contributed by atoms with E-state index in [1.54, 1.807) is 22.8 Å². The van der Waals surface area contributed by atoms with Crippen LogP contribution in [-0.4, -0.2) is 31.1 Å². The van der Waals surface area contributed by atoms with Crippen LogP contribution < -0.4 is 5.32 Å². The van der Waals surface area contributed by atoms with Gasteiger partial charge in [0, 0.05) is 18.8 Å². The van der Waals surface area contributed by atoms with E-state index in [-0.39, 0.29) is 5.82 Å². The van der Waals surface area contributed by atoms with Crippen molar-refractivity contribution in [1.29, 1.82) is 0 Å². The smallest absolute Gasteiger partial charge is 0.254 e. The van der Waals surface area contributed by atoms with Crippen LogP contribution in [0.15, 0.2) is 61.1 Å². The molecule has 0 unspecified atom stereocenters. The molecule has 25 heavy (non-hydrogen) atoms. The van der Waals surface area contributed by atoms with Crippen LogP contribution in [0.4, 0.5) is 10.2 Å². The number of benzene rings is 1. The van der Waals surface area contributed by atoms with Crippen molar-refractivity contribution in [1.82, 2.24) is 24.6 Å². The number of aromatic nitrogens is 5. The van der Waals surface area contributed by atoms with Crippen LogP contribution in [0.1, 0.15) is 5.56 Å². The molecule has 7 heteroatoms. The molecular formula is C18H15FN6. The van der Waals surface area contributed by atoms with Crippen molar-refractivity contribution >= 4 is 11.6 Å². The van der Waals surface area contributed by atoms with Crippen LogP contribution in [0.25, 0.3) is 17.2 Å². The summed E-state index contributed by atoms with van der Waals surface area (Å²) in [5.74, 6) is 1.06. The first-order chi connectivity index (χ1) is 12.3. The van der Waals surface area contributed by atoms with E-state index < -0.39 is 0 Å². The Hall–Kier alpha value is -3.35. The second-order valence-corrected chi connectivity index (χ2v) is 5.52. The molecule has 4 rings (SSSR count). The summed E-state index contributed by atoms with van der Waals surface area (Å²) in [6.07, 6.45) is 3.96. The number of hydrogen-bond donors (Lipinski definition) is 1. The third-order valence-electron chi connectivity index (χ3n) is 3.81. The number of fused-ring (bicyclic) bond motifs is 1. The first-order valence-electron chi connectivity index (χ1n) is 7.90. The zero-order chi connectivity index (χ0) is 17.1. The first-order valence-corrected chi connectivity index (χ1v) is 7.90. The third-order valence-corrected chi connectivity index (χ3v) is 3.81. The molecule has 0 amide bonds. The summed E-state index contributed by atoms with van der Waals surface area (Å²) in [6.45, 7) is 0.673. The maximum atomic E-state index is 13.0. The van der Waals surface area contributed by atoms with E-state index in [2.05, 4.69) is 25.4 Å². The van der Waals surface area contributed by atoms with Gasteiger partial charge in [0.1, 0.15) is 18.0 Å². The van der Waals surface area contributed by atoms with Crippen LogP contribution in [0, 0.1) is 5.82 Å². The van der Waals surface area contributed by atoms with E-state index in [0.29, 0.717) is 12.3 Å². The fourth-order valence-corrected chi connectivity index (χ4v) is 2.57. The van der Waals surface area contributed by atoms with Gasteiger partial charge in [-0.15, -0.1) is 0 Å². The molecule has 0 spiro atoms. The van der Waals surface area contributed by atoms with Crippen LogP contribution in [-0.2, 0) is 6.42 Å². The monoisotopic (exact) mass is 334 g/mol. The van der Waals surface area contributed by atoms with Crippen molar-refractivity contribution in [3.05, 3.63) is 72.4 Å². The van der Waals surface area contributed by atoms with Crippen molar-refractivity contribution in [3.8, 4) is 11.4 Å². The lowest BCUT2D eigenvalue weighted by Gasteiger charge is -2.10. The van der Waals surface area contributed by atoms with Crippen LogP contribution in [0.5, 0.6) is 0 Å². The lowest BCUT2D eigenvalue weighted by atomic mass is 10.1. The van der Waals surface area contributed by atoms with Gasteiger partial charge < -0.3 is 5.32 Å². The highest BCUT2D eigenvalue weighted by atomic mass is 19.1. The predicted octanol–water partition coefficient (Wildman–Crippen LogP) is 2.98. The molecule has 0 aliphatic carbocycles. The van der Waals surface area contributed by atoms with Crippen LogP contribution in [0.2, 0.25) is 0 Å². The highest BCUT2D eigenvalue weighted by Gasteiger charge is 2.09. The number of nitrogens with zero attached hydrogens (tertiary/aromatic N) is 5. The lowest BCUT2D eigenvalue weighted by Crippen LogP contribution is -2.10. The molecule has 0 fully saturated rings. The van der Waals surface area contributed by atoms with Gasteiger partial charge in [0.05, 0.1) is 11.4 Å². The van der Waals surface area contributed by atoms with E-state index >= 15 is 0 Å². The van der Waals surface area contributed by atoms with Crippen molar-refractivity contribution in [2.45, 2.75) is 6.42 Å². The van der Waals surface area contributed by atoms with E-state index in [1.807, 2.05) is 24.3 Å². The Kier molecular flexibility index (Phi) is 4.04. The fourth-order valence-electron chi connectivity index (χ4n) is 2.57. The number of anilines is 1. The molecule has 0 atom stereocenters. The molecule has 4 aromatic rings. The number of rotatable bonds is 5. The van der Waals surface area contributed by atoms with Crippen LogP contribution in [0.3, 0.4) is 0 Å². The van der Waals surface area contributed by atoms with Gasteiger partial charge in [-0.25, -0.2) is 9.37 Å². The van der Waals surface area contributed by atoms with Crippen molar-refractivity contribution in [3.63, 3.8) is 0 Å². The summed E-state index contributed by atoms with van der Waals surface area (Å²) >= 11 is 0. The van der Waals surface area contributed by atoms with E-state index in [1.165, 1.54) is 18.5 Å². The van der Waals surface area contributed by atoms with E-state index in [4.69, 9.17) is 0 Å². The van der Waals surface area contributed by atoms with Gasteiger partial charge in [-0.3, -0.25) is 4.98 Å². The molecule has 0 saturated heterocycles. The minimum Gasteiger partial charge on any atom is -0.370 e. The summed E-state index contributed by atoms with van der Waals surface area (Å²) in [4.78, 5) is 13.0. The Morgan fingerprint density at radius 3 is 2.68 bits per heavy atom. The van der Waals surface area contributed by atoms with Gasteiger partial charge in [-0.05, 0) is 36.2 Å². The molecule has 6 nitrogen and oxygen atoms in total. The molecular weight excluding hydrogens is 319 g/mol. The topological polar surface area (TPSA) is 68.0 Å². The van der Waals surface area contributed by atoms with E-state index in [0.717, 1.165) is 29.2 Å². The Labute approximate surface area is 143 Å². The second-order valence-electron chi connectivity index (χ2n) is 5.52. The maximum Gasteiger partial charge on any atom is 0.254 e. The average molecular weight is 334 g/mol. The molecule has 0 aliphatic rings. The Balaban J connectivity index is 1.58. The maximum absolute atomic E-state index is 13.0.